The Bertz CT molecular complexity index is 497. The number of quaternary nitrogens is 1. The van der Waals surface area contributed by atoms with Gasteiger partial charge in [0.1, 0.15) is 6.54 Å². The largest absolute Gasteiger partial charge is 0.342 e. The Labute approximate surface area is 140 Å². The fourth-order valence-corrected chi connectivity index (χ4v) is 4.00. The first kappa shape index (κ1) is 16.5. The zero-order chi connectivity index (χ0) is 16.1. The van der Waals surface area contributed by atoms with E-state index < -0.39 is 0 Å². The maximum atomic E-state index is 12.6. The van der Waals surface area contributed by atoms with Crippen molar-refractivity contribution in [2.75, 3.05) is 26.2 Å². The molecule has 2 aliphatic heterocycles. The predicted octanol–water partition coefficient (Wildman–Crippen LogP) is 2.06. The average molecular weight is 315 g/mol. The number of piperidine rings is 2. The van der Waals surface area contributed by atoms with Gasteiger partial charge in [0, 0.05) is 37.4 Å². The lowest BCUT2D eigenvalue weighted by molar-refractivity contribution is -0.919. The minimum Gasteiger partial charge on any atom is -0.342 e. The van der Waals surface area contributed by atoms with Crippen molar-refractivity contribution in [1.82, 2.24) is 4.90 Å². The van der Waals surface area contributed by atoms with Crippen molar-refractivity contribution in [1.29, 1.82) is 0 Å². The monoisotopic (exact) mass is 315 g/mol. The first-order valence-corrected chi connectivity index (χ1v) is 9.46. The molecule has 0 saturated carbocycles. The summed E-state index contributed by atoms with van der Waals surface area (Å²) in [6, 6.07) is 9.05. The highest BCUT2D eigenvalue weighted by Crippen LogP contribution is 2.18. The normalized spacial score (nSPS) is 25.3. The second-order valence-corrected chi connectivity index (χ2v) is 7.26. The summed E-state index contributed by atoms with van der Waals surface area (Å²) in [5, 5.41) is 0. The van der Waals surface area contributed by atoms with Crippen molar-refractivity contribution < 1.29 is 9.69 Å². The molecule has 3 heteroatoms. The summed E-state index contributed by atoms with van der Waals surface area (Å²) >= 11 is 0. The molecular weight excluding hydrogens is 284 g/mol. The molecule has 2 aliphatic rings. The highest BCUT2D eigenvalue weighted by molar-refractivity contribution is 5.79. The first-order chi connectivity index (χ1) is 11.3. The fourth-order valence-electron chi connectivity index (χ4n) is 4.00. The minimum absolute atomic E-state index is 0.291. The molecule has 1 aromatic rings. The molecule has 0 aliphatic carbocycles. The van der Waals surface area contributed by atoms with Gasteiger partial charge in [-0.1, -0.05) is 31.2 Å². The molecule has 1 aromatic carbocycles. The lowest BCUT2D eigenvalue weighted by Crippen LogP contribution is -3.11. The molecule has 23 heavy (non-hydrogen) atoms. The van der Waals surface area contributed by atoms with E-state index in [1.807, 2.05) is 0 Å². The number of aryl methyl sites for hydroxylation is 1. The Morgan fingerprint density at radius 2 is 1.65 bits per heavy atom. The molecule has 0 bridgehead atoms. The van der Waals surface area contributed by atoms with Crippen LogP contribution < -0.4 is 4.90 Å². The maximum Gasteiger partial charge on any atom is 0.226 e. The standard InChI is InChI=1S/C20H30N2O/c1-2-17-6-8-18(9-7-17)16-21-14-10-19(11-15-21)20(23)22-12-4-3-5-13-22/h6-9,19H,2-5,10-16H2,1H3/p+1. The predicted molar refractivity (Wildman–Crippen MR) is 93.4 cm³/mol. The van der Waals surface area contributed by atoms with Gasteiger partial charge in [-0.05, 0) is 31.2 Å². The van der Waals surface area contributed by atoms with Gasteiger partial charge in [-0.3, -0.25) is 4.79 Å². The summed E-state index contributed by atoms with van der Waals surface area (Å²) < 4.78 is 0. The van der Waals surface area contributed by atoms with Crippen LogP contribution in [0.15, 0.2) is 24.3 Å². The summed E-state index contributed by atoms with van der Waals surface area (Å²) in [4.78, 5) is 16.4. The molecule has 1 N–H and O–H groups in total. The van der Waals surface area contributed by atoms with Crippen LogP contribution in [0.2, 0.25) is 0 Å². The number of benzene rings is 1. The number of nitrogens with one attached hydrogen (secondary N) is 1. The van der Waals surface area contributed by atoms with Crippen LogP contribution in [-0.4, -0.2) is 37.0 Å². The van der Waals surface area contributed by atoms with E-state index in [2.05, 4.69) is 36.1 Å². The molecule has 126 valence electrons. The quantitative estimate of drug-likeness (QED) is 0.904. The van der Waals surface area contributed by atoms with Crippen molar-refractivity contribution >= 4 is 5.91 Å². The molecule has 0 spiro atoms. The summed E-state index contributed by atoms with van der Waals surface area (Å²) in [6.07, 6.45) is 6.93. The molecule has 3 rings (SSSR count). The third-order valence-corrected chi connectivity index (χ3v) is 5.60. The summed E-state index contributed by atoms with van der Waals surface area (Å²) in [6.45, 7) is 7.57. The van der Waals surface area contributed by atoms with Gasteiger partial charge >= 0.3 is 0 Å². The third-order valence-electron chi connectivity index (χ3n) is 5.60. The Kier molecular flexibility index (Phi) is 5.71. The van der Waals surface area contributed by atoms with Gasteiger partial charge in [0.05, 0.1) is 13.1 Å². The SMILES string of the molecule is CCc1ccc(C[NH+]2CCC(C(=O)N3CCCCC3)CC2)cc1. The molecule has 0 atom stereocenters. The highest BCUT2D eigenvalue weighted by Gasteiger charge is 2.30. The van der Waals surface area contributed by atoms with Crippen LogP contribution in [0.1, 0.15) is 50.2 Å². The van der Waals surface area contributed by atoms with Crippen molar-refractivity contribution in [3.8, 4) is 0 Å². The Morgan fingerprint density at radius 3 is 2.26 bits per heavy atom. The number of carbonyl (C=O) groups excluding carboxylic acids is 1. The lowest BCUT2D eigenvalue weighted by Gasteiger charge is -2.34. The molecular formula is C20H31N2O+. The number of amides is 1. The highest BCUT2D eigenvalue weighted by atomic mass is 16.2. The van der Waals surface area contributed by atoms with Crippen molar-refractivity contribution in [3.05, 3.63) is 35.4 Å². The van der Waals surface area contributed by atoms with Gasteiger partial charge in [0.25, 0.3) is 0 Å². The van der Waals surface area contributed by atoms with E-state index >= 15 is 0 Å². The van der Waals surface area contributed by atoms with Gasteiger partial charge in [0.15, 0.2) is 0 Å². The lowest BCUT2D eigenvalue weighted by atomic mass is 9.94. The van der Waals surface area contributed by atoms with Gasteiger partial charge in [0.2, 0.25) is 5.91 Å². The Balaban J connectivity index is 1.46. The topological polar surface area (TPSA) is 24.8 Å². The average Bonchev–Trinajstić information content (AvgIpc) is 2.63. The van der Waals surface area contributed by atoms with Gasteiger partial charge < -0.3 is 9.80 Å². The molecule has 3 nitrogen and oxygen atoms in total. The molecule has 2 heterocycles. The van der Waals surface area contributed by atoms with Gasteiger partial charge in [-0.2, -0.15) is 0 Å². The Morgan fingerprint density at radius 1 is 1.04 bits per heavy atom. The second kappa shape index (κ2) is 7.96. The van der Waals surface area contributed by atoms with Crippen molar-refractivity contribution in [3.63, 3.8) is 0 Å². The fraction of sp³-hybridized carbons (Fsp3) is 0.650. The molecule has 1 amide bonds. The molecule has 0 aromatic heterocycles. The van der Waals surface area contributed by atoms with Crippen molar-refractivity contribution in [2.45, 2.75) is 52.0 Å². The number of nitrogens with zero attached hydrogens (tertiary/aromatic N) is 1. The minimum atomic E-state index is 0.291. The zero-order valence-electron chi connectivity index (χ0n) is 14.5. The van der Waals surface area contributed by atoms with E-state index in [0.29, 0.717) is 11.8 Å². The molecule has 2 fully saturated rings. The van der Waals surface area contributed by atoms with Crippen LogP contribution in [0.4, 0.5) is 0 Å². The smallest absolute Gasteiger partial charge is 0.226 e. The summed E-state index contributed by atoms with van der Waals surface area (Å²) in [7, 11) is 0. The van der Waals surface area contributed by atoms with E-state index in [-0.39, 0.29) is 0 Å². The van der Waals surface area contributed by atoms with Crippen molar-refractivity contribution in [2.24, 2.45) is 5.92 Å². The van der Waals surface area contributed by atoms with Crippen LogP contribution in [0.25, 0.3) is 0 Å². The first-order valence-electron chi connectivity index (χ1n) is 9.46. The third kappa shape index (κ3) is 4.35. The maximum absolute atomic E-state index is 12.6. The molecule has 0 radical (unpaired) electrons. The van der Waals surface area contributed by atoms with Crippen LogP contribution in [0, 0.1) is 5.92 Å². The van der Waals surface area contributed by atoms with E-state index in [4.69, 9.17) is 0 Å². The number of likely N-dealkylation sites (tertiary alicyclic amines) is 2. The summed E-state index contributed by atoms with van der Waals surface area (Å²) in [5.74, 6) is 0.732. The number of hydrogen-bond donors (Lipinski definition) is 1. The number of rotatable bonds is 4. The van der Waals surface area contributed by atoms with Crippen LogP contribution in [0.5, 0.6) is 0 Å². The van der Waals surface area contributed by atoms with E-state index in [9.17, 15) is 4.79 Å². The van der Waals surface area contributed by atoms with Gasteiger partial charge in [-0.15, -0.1) is 0 Å². The van der Waals surface area contributed by atoms with Gasteiger partial charge in [-0.25, -0.2) is 0 Å². The summed E-state index contributed by atoms with van der Waals surface area (Å²) in [5.41, 5.74) is 2.84. The zero-order valence-corrected chi connectivity index (χ0v) is 14.5. The molecule has 0 unspecified atom stereocenters. The van der Waals surface area contributed by atoms with E-state index in [0.717, 1.165) is 52.0 Å². The number of carbonyl (C=O) groups is 1. The Hall–Kier alpha value is -1.35. The second-order valence-electron chi connectivity index (χ2n) is 7.26. The van der Waals surface area contributed by atoms with Crippen LogP contribution >= 0.6 is 0 Å². The number of hydrogen-bond acceptors (Lipinski definition) is 1. The van der Waals surface area contributed by atoms with E-state index in [1.165, 1.54) is 30.4 Å². The van der Waals surface area contributed by atoms with Crippen LogP contribution in [-0.2, 0) is 17.8 Å². The molecule has 2 saturated heterocycles. The van der Waals surface area contributed by atoms with Crippen LogP contribution in [0.3, 0.4) is 0 Å². The van der Waals surface area contributed by atoms with E-state index in [1.54, 1.807) is 4.90 Å².